The number of carbonyl (C=O) groups excluding carboxylic acids is 1. The molecule has 1 atom stereocenters. The maximum Gasteiger partial charge on any atom is 0.254 e. The summed E-state index contributed by atoms with van der Waals surface area (Å²) in [5.41, 5.74) is 1.75. The van der Waals surface area contributed by atoms with Crippen molar-refractivity contribution in [2.45, 2.75) is 44.7 Å². The fourth-order valence-electron chi connectivity index (χ4n) is 4.26. The fourth-order valence-corrected chi connectivity index (χ4v) is 5.04. The Morgan fingerprint density at radius 1 is 1.20 bits per heavy atom. The first-order valence-corrected chi connectivity index (χ1v) is 12.1. The molecule has 2 aliphatic rings. The van der Waals surface area contributed by atoms with E-state index in [1.165, 1.54) is 4.31 Å². The molecule has 160 valence electrons. The molecule has 1 saturated heterocycles. The lowest BCUT2D eigenvalue weighted by atomic mass is 9.99. The van der Waals surface area contributed by atoms with Crippen LogP contribution >= 0.6 is 0 Å². The molecule has 0 bridgehead atoms. The molecule has 1 amide bonds. The van der Waals surface area contributed by atoms with E-state index in [0.29, 0.717) is 36.5 Å². The van der Waals surface area contributed by atoms with E-state index in [1.807, 2.05) is 30.3 Å². The van der Waals surface area contributed by atoms with Gasteiger partial charge in [-0.3, -0.25) is 9.59 Å². The number of fused-ring (bicyclic) bond motifs is 1. The number of likely N-dealkylation sites (tertiary alicyclic amines) is 1. The Morgan fingerprint density at radius 2 is 1.97 bits per heavy atom. The van der Waals surface area contributed by atoms with Crippen LogP contribution in [0.25, 0.3) is 0 Å². The number of amides is 1. The van der Waals surface area contributed by atoms with E-state index in [1.54, 1.807) is 4.90 Å². The molecule has 2 aliphatic heterocycles. The SMILES string of the molecule is CS(=O)(=O)N1CCc2c(nc(C3CCCCN3C(=O)Cc3ccccc3)[nH]c2=O)C1. The smallest absolute Gasteiger partial charge is 0.254 e. The van der Waals surface area contributed by atoms with Crippen LogP contribution in [0.15, 0.2) is 35.1 Å². The fraction of sp³-hybridized carbons (Fsp3) is 0.476. The molecule has 0 spiro atoms. The van der Waals surface area contributed by atoms with Crippen molar-refractivity contribution in [3.63, 3.8) is 0 Å². The highest BCUT2D eigenvalue weighted by atomic mass is 32.2. The number of nitrogens with zero attached hydrogens (tertiary/aromatic N) is 3. The minimum Gasteiger partial charge on any atom is -0.332 e. The molecule has 8 nitrogen and oxygen atoms in total. The van der Waals surface area contributed by atoms with Crippen LogP contribution in [-0.4, -0.2) is 52.8 Å². The third-order valence-electron chi connectivity index (χ3n) is 5.86. The number of sulfonamides is 1. The van der Waals surface area contributed by atoms with Gasteiger partial charge in [0.1, 0.15) is 5.82 Å². The summed E-state index contributed by atoms with van der Waals surface area (Å²) in [5.74, 6) is 0.458. The Labute approximate surface area is 176 Å². The van der Waals surface area contributed by atoms with Gasteiger partial charge in [-0.1, -0.05) is 30.3 Å². The van der Waals surface area contributed by atoms with Crippen molar-refractivity contribution in [2.75, 3.05) is 19.3 Å². The topological polar surface area (TPSA) is 103 Å². The Kier molecular flexibility index (Phi) is 5.75. The standard InChI is InChI=1S/C21H26N4O4S/c1-30(28,29)24-12-10-16-17(14-24)22-20(23-21(16)27)18-9-5-6-11-25(18)19(26)13-15-7-3-2-4-8-15/h2-4,7-8,18H,5-6,9-14H2,1H3,(H,22,23,27). The minimum atomic E-state index is -3.36. The average molecular weight is 431 g/mol. The number of piperidine rings is 1. The molecule has 3 heterocycles. The summed E-state index contributed by atoms with van der Waals surface area (Å²) < 4.78 is 25.2. The predicted molar refractivity (Wildman–Crippen MR) is 112 cm³/mol. The molecule has 4 rings (SSSR count). The summed E-state index contributed by atoms with van der Waals surface area (Å²) in [4.78, 5) is 35.0. The Balaban J connectivity index is 1.62. The van der Waals surface area contributed by atoms with E-state index in [0.717, 1.165) is 31.1 Å². The van der Waals surface area contributed by atoms with Crippen LogP contribution < -0.4 is 5.56 Å². The van der Waals surface area contributed by atoms with Gasteiger partial charge in [0, 0.05) is 18.7 Å². The zero-order chi connectivity index (χ0) is 21.3. The van der Waals surface area contributed by atoms with Gasteiger partial charge in [0.25, 0.3) is 5.56 Å². The molecule has 1 aromatic heterocycles. The minimum absolute atomic E-state index is 0.00373. The summed E-state index contributed by atoms with van der Waals surface area (Å²) >= 11 is 0. The van der Waals surface area contributed by atoms with Crippen LogP contribution in [0.2, 0.25) is 0 Å². The van der Waals surface area contributed by atoms with Gasteiger partial charge in [0.15, 0.2) is 0 Å². The molecular formula is C21H26N4O4S. The quantitative estimate of drug-likeness (QED) is 0.789. The van der Waals surface area contributed by atoms with Crippen LogP contribution in [0.3, 0.4) is 0 Å². The maximum atomic E-state index is 13.0. The van der Waals surface area contributed by atoms with Crippen LogP contribution in [0, 0.1) is 0 Å². The third kappa shape index (κ3) is 4.32. The van der Waals surface area contributed by atoms with Crippen LogP contribution in [0.5, 0.6) is 0 Å². The predicted octanol–water partition coefficient (Wildman–Crippen LogP) is 1.38. The highest BCUT2D eigenvalue weighted by Gasteiger charge is 2.32. The first-order chi connectivity index (χ1) is 14.3. The molecule has 9 heteroatoms. The zero-order valence-corrected chi connectivity index (χ0v) is 17.8. The molecule has 0 saturated carbocycles. The monoisotopic (exact) mass is 430 g/mol. The number of hydrogen-bond acceptors (Lipinski definition) is 5. The lowest BCUT2D eigenvalue weighted by molar-refractivity contribution is -0.134. The van der Waals surface area contributed by atoms with Crippen molar-refractivity contribution in [2.24, 2.45) is 0 Å². The van der Waals surface area contributed by atoms with Gasteiger partial charge in [-0.05, 0) is 31.2 Å². The lowest BCUT2D eigenvalue weighted by Crippen LogP contribution is -2.42. The second kappa shape index (κ2) is 8.31. The molecule has 1 aromatic carbocycles. The summed E-state index contributed by atoms with van der Waals surface area (Å²) in [6.45, 7) is 0.990. The molecule has 0 radical (unpaired) electrons. The van der Waals surface area contributed by atoms with E-state index < -0.39 is 10.0 Å². The normalized spacial score (nSPS) is 20.0. The largest absolute Gasteiger partial charge is 0.332 e. The van der Waals surface area contributed by atoms with Crippen molar-refractivity contribution in [3.8, 4) is 0 Å². The Hall–Kier alpha value is -2.52. The third-order valence-corrected chi connectivity index (χ3v) is 7.11. The molecular weight excluding hydrogens is 404 g/mol. The maximum absolute atomic E-state index is 13.0. The number of nitrogens with one attached hydrogen (secondary N) is 1. The van der Waals surface area contributed by atoms with E-state index in [2.05, 4.69) is 9.97 Å². The van der Waals surface area contributed by atoms with Crippen LogP contribution in [0.1, 0.15) is 47.9 Å². The van der Waals surface area contributed by atoms with Gasteiger partial charge in [0.05, 0.1) is 31.0 Å². The van der Waals surface area contributed by atoms with Gasteiger partial charge in [-0.2, -0.15) is 4.31 Å². The second-order valence-electron chi connectivity index (χ2n) is 7.98. The van der Waals surface area contributed by atoms with Crippen LogP contribution in [-0.2, 0) is 34.2 Å². The van der Waals surface area contributed by atoms with Gasteiger partial charge in [-0.15, -0.1) is 0 Å². The highest BCUT2D eigenvalue weighted by Crippen LogP contribution is 2.30. The van der Waals surface area contributed by atoms with E-state index in [9.17, 15) is 18.0 Å². The summed E-state index contributed by atoms with van der Waals surface area (Å²) in [5, 5.41) is 0. The lowest BCUT2D eigenvalue weighted by Gasteiger charge is -2.36. The van der Waals surface area contributed by atoms with Crippen molar-refractivity contribution in [3.05, 3.63) is 63.3 Å². The molecule has 30 heavy (non-hydrogen) atoms. The first kappa shape index (κ1) is 20.7. The molecule has 1 N–H and O–H groups in total. The van der Waals surface area contributed by atoms with Gasteiger partial charge in [0.2, 0.25) is 15.9 Å². The number of benzene rings is 1. The zero-order valence-electron chi connectivity index (χ0n) is 17.0. The van der Waals surface area contributed by atoms with Crippen molar-refractivity contribution in [1.82, 2.24) is 19.2 Å². The van der Waals surface area contributed by atoms with Crippen molar-refractivity contribution in [1.29, 1.82) is 0 Å². The average Bonchev–Trinajstić information content (AvgIpc) is 2.73. The summed E-state index contributed by atoms with van der Waals surface area (Å²) in [6.07, 6.45) is 4.38. The number of carbonyl (C=O) groups is 1. The number of aromatic amines is 1. The molecule has 2 aromatic rings. The van der Waals surface area contributed by atoms with Gasteiger partial charge in [-0.25, -0.2) is 13.4 Å². The number of hydrogen-bond donors (Lipinski definition) is 1. The molecule has 1 fully saturated rings. The summed E-state index contributed by atoms with van der Waals surface area (Å²) in [6, 6.07) is 9.28. The number of aromatic nitrogens is 2. The van der Waals surface area contributed by atoms with E-state index in [4.69, 9.17) is 0 Å². The molecule has 0 aliphatic carbocycles. The van der Waals surface area contributed by atoms with Crippen molar-refractivity contribution < 1.29 is 13.2 Å². The van der Waals surface area contributed by atoms with E-state index >= 15 is 0 Å². The Bertz CT molecular complexity index is 1100. The number of rotatable bonds is 4. The van der Waals surface area contributed by atoms with Crippen LogP contribution in [0.4, 0.5) is 0 Å². The Morgan fingerprint density at radius 3 is 2.70 bits per heavy atom. The summed E-state index contributed by atoms with van der Waals surface area (Å²) in [7, 11) is -3.36. The number of H-pyrrole nitrogens is 1. The molecule has 1 unspecified atom stereocenters. The van der Waals surface area contributed by atoms with Gasteiger partial charge >= 0.3 is 0 Å². The second-order valence-corrected chi connectivity index (χ2v) is 9.97. The first-order valence-electron chi connectivity index (χ1n) is 10.2. The van der Waals surface area contributed by atoms with E-state index in [-0.39, 0.29) is 30.6 Å². The van der Waals surface area contributed by atoms with Gasteiger partial charge < -0.3 is 9.88 Å². The highest BCUT2D eigenvalue weighted by molar-refractivity contribution is 7.88. The van der Waals surface area contributed by atoms with Crippen molar-refractivity contribution >= 4 is 15.9 Å².